The van der Waals surface area contributed by atoms with Crippen molar-refractivity contribution in [1.82, 2.24) is 19.7 Å². The van der Waals surface area contributed by atoms with Crippen molar-refractivity contribution in [3.05, 3.63) is 82.5 Å². The Morgan fingerprint density at radius 1 is 1.07 bits per heavy atom. The van der Waals surface area contributed by atoms with Crippen LogP contribution in [0.25, 0.3) is 16.7 Å². The van der Waals surface area contributed by atoms with Gasteiger partial charge in [0.1, 0.15) is 5.39 Å². The number of carbonyl (C=O) groups excluding carboxylic acids is 1. The van der Waals surface area contributed by atoms with Gasteiger partial charge in [-0.2, -0.15) is 18.3 Å². The molecule has 146 valence electrons. The van der Waals surface area contributed by atoms with Crippen LogP contribution in [0, 0.1) is 0 Å². The Bertz CT molecular complexity index is 1260. The van der Waals surface area contributed by atoms with Crippen LogP contribution in [0.3, 0.4) is 0 Å². The molecule has 0 unspecified atom stereocenters. The number of amides is 1. The van der Waals surface area contributed by atoms with Crippen LogP contribution < -0.4 is 10.9 Å². The fraction of sp³-hybridized carbons (Fsp3) is 0.0526. The van der Waals surface area contributed by atoms with Crippen molar-refractivity contribution < 1.29 is 18.0 Å². The van der Waals surface area contributed by atoms with Crippen LogP contribution in [-0.4, -0.2) is 25.7 Å². The molecule has 0 bridgehead atoms. The van der Waals surface area contributed by atoms with E-state index in [0.717, 1.165) is 24.3 Å². The lowest BCUT2D eigenvalue weighted by molar-refractivity contribution is -0.137. The molecule has 0 saturated carbocycles. The fourth-order valence-electron chi connectivity index (χ4n) is 2.80. The number of aromatic nitrogens is 4. The Kier molecular flexibility index (Phi) is 4.38. The van der Waals surface area contributed by atoms with Gasteiger partial charge in [-0.15, -0.1) is 0 Å². The second-order valence-electron chi connectivity index (χ2n) is 6.07. The number of para-hydroxylation sites is 2. The van der Waals surface area contributed by atoms with Crippen molar-refractivity contribution >= 4 is 22.6 Å². The molecule has 0 atom stereocenters. The number of nitrogens with one attached hydrogen (secondary N) is 2. The third kappa shape index (κ3) is 3.47. The number of hydrogen-bond donors (Lipinski definition) is 2. The fourth-order valence-corrected chi connectivity index (χ4v) is 2.80. The van der Waals surface area contributed by atoms with E-state index in [1.165, 1.54) is 17.2 Å². The summed E-state index contributed by atoms with van der Waals surface area (Å²) in [5.74, 6) is -0.589. The summed E-state index contributed by atoms with van der Waals surface area (Å²) in [5.41, 5.74) is -0.0377. The van der Waals surface area contributed by atoms with E-state index < -0.39 is 17.6 Å². The number of carbonyl (C=O) groups is 1. The minimum Gasteiger partial charge on any atom is -0.320 e. The zero-order valence-corrected chi connectivity index (χ0v) is 14.6. The zero-order valence-electron chi connectivity index (χ0n) is 14.6. The summed E-state index contributed by atoms with van der Waals surface area (Å²) in [6.07, 6.45) is -1.88. The maximum atomic E-state index is 12.7. The first-order valence-corrected chi connectivity index (χ1v) is 8.34. The number of nitrogens with zero attached hydrogens (tertiary/aromatic N) is 3. The first kappa shape index (κ1) is 18.4. The highest BCUT2D eigenvalue weighted by atomic mass is 19.4. The van der Waals surface area contributed by atoms with Crippen LogP contribution in [0.4, 0.5) is 18.9 Å². The number of H-pyrrole nitrogens is 1. The van der Waals surface area contributed by atoms with Gasteiger partial charge < -0.3 is 10.3 Å². The van der Waals surface area contributed by atoms with Crippen molar-refractivity contribution in [2.24, 2.45) is 0 Å². The van der Waals surface area contributed by atoms with Gasteiger partial charge >= 0.3 is 6.18 Å². The number of halogens is 3. The summed E-state index contributed by atoms with van der Waals surface area (Å²) >= 11 is 0. The maximum absolute atomic E-state index is 12.7. The number of aromatic amines is 1. The average Bonchev–Trinajstić information content (AvgIpc) is 3.13. The Balaban J connectivity index is 1.68. The van der Waals surface area contributed by atoms with Gasteiger partial charge in [0, 0.05) is 5.56 Å². The van der Waals surface area contributed by atoms with Crippen molar-refractivity contribution in [2.75, 3.05) is 5.32 Å². The zero-order chi connectivity index (χ0) is 20.6. The van der Waals surface area contributed by atoms with Gasteiger partial charge in [-0.1, -0.05) is 12.1 Å². The maximum Gasteiger partial charge on any atom is 0.416 e. The van der Waals surface area contributed by atoms with Crippen LogP contribution in [0.15, 0.2) is 65.8 Å². The monoisotopic (exact) mass is 399 g/mol. The molecule has 0 aliphatic rings. The van der Waals surface area contributed by atoms with Crippen molar-refractivity contribution in [2.45, 2.75) is 6.18 Å². The highest BCUT2D eigenvalue weighted by molar-refractivity contribution is 6.05. The van der Waals surface area contributed by atoms with E-state index in [0.29, 0.717) is 17.0 Å². The molecule has 0 radical (unpaired) electrons. The van der Waals surface area contributed by atoms with Crippen LogP contribution in [-0.2, 0) is 6.18 Å². The molecule has 0 aliphatic carbocycles. The second kappa shape index (κ2) is 6.89. The third-order valence-electron chi connectivity index (χ3n) is 4.23. The van der Waals surface area contributed by atoms with E-state index in [1.807, 2.05) is 0 Å². The molecule has 1 amide bonds. The Morgan fingerprint density at radius 2 is 1.79 bits per heavy atom. The number of benzene rings is 2. The first-order chi connectivity index (χ1) is 13.8. The van der Waals surface area contributed by atoms with Gasteiger partial charge in [0.25, 0.3) is 11.5 Å². The largest absolute Gasteiger partial charge is 0.416 e. The Hall–Kier alpha value is -3.95. The quantitative estimate of drug-likeness (QED) is 0.552. The molecule has 10 heteroatoms. The minimum absolute atomic E-state index is 0.0627. The predicted molar refractivity (Wildman–Crippen MR) is 98.9 cm³/mol. The number of anilines is 1. The molecule has 0 spiro atoms. The molecule has 2 N–H and O–H groups in total. The van der Waals surface area contributed by atoms with E-state index in [9.17, 15) is 22.8 Å². The summed E-state index contributed by atoms with van der Waals surface area (Å²) < 4.78 is 39.5. The Morgan fingerprint density at radius 3 is 2.52 bits per heavy atom. The molecular weight excluding hydrogens is 387 g/mol. The lowest BCUT2D eigenvalue weighted by Gasteiger charge is -2.12. The SMILES string of the molecule is O=C(Nc1ccccc1-n1ncc2c(=O)[nH]cnc21)c1ccc(C(F)(F)F)cc1. The Labute approximate surface area is 160 Å². The van der Waals surface area contributed by atoms with Crippen molar-refractivity contribution in [1.29, 1.82) is 0 Å². The van der Waals surface area contributed by atoms with E-state index >= 15 is 0 Å². The van der Waals surface area contributed by atoms with Gasteiger partial charge in [-0.25, -0.2) is 9.67 Å². The molecule has 0 saturated heterocycles. The number of rotatable bonds is 3. The van der Waals surface area contributed by atoms with E-state index in [-0.39, 0.29) is 16.5 Å². The molecule has 2 aromatic carbocycles. The lowest BCUT2D eigenvalue weighted by Crippen LogP contribution is -2.15. The van der Waals surface area contributed by atoms with Gasteiger partial charge in [-0.3, -0.25) is 9.59 Å². The molecular formula is C19H12F3N5O2. The first-order valence-electron chi connectivity index (χ1n) is 8.34. The highest BCUT2D eigenvalue weighted by Gasteiger charge is 2.30. The van der Waals surface area contributed by atoms with Crippen LogP contribution in [0.1, 0.15) is 15.9 Å². The molecule has 2 heterocycles. The summed E-state index contributed by atoms with van der Waals surface area (Å²) in [7, 11) is 0. The lowest BCUT2D eigenvalue weighted by atomic mass is 10.1. The molecule has 0 aliphatic heterocycles. The summed E-state index contributed by atoms with van der Waals surface area (Å²) in [6, 6.07) is 10.6. The van der Waals surface area contributed by atoms with E-state index in [4.69, 9.17) is 0 Å². The topological polar surface area (TPSA) is 92.7 Å². The average molecular weight is 399 g/mol. The van der Waals surface area contributed by atoms with Gasteiger partial charge in [0.15, 0.2) is 5.65 Å². The normalized spacial score (nSPS) is 11.6. The number of hydrogen-bond acceptors (Lipinski definition) is 4. The van der Waals surface area contributed by atoms with Crippen LogP contribution in [0.2, 0.25) is 0 Å². The molecule has 0 fully saturated rings. The van der Waals surface area contributed by atoms with Crippen molar-refractivity contribution in [3.8, 4) is 5.69 Å². The standard InChI is InChI=1S/C19H12F3N5O2/c20-19(21,22)12-7-5-11(6-8-12)17(28)26-14-3-1-2-4-15(14)27-16-13(9-25-27)18(29)24-10-23-16/h1-10H,(H,26,28)(H,23,24,29). The van der Waals surface area contributed by atoms with Gasteiger partial charge in [0.2, 0.25) is 0 Å². The van der Waals surface area contributed by atoms with Crippen molar-refractivity contribution in [3.63, 3.8) is 0 Å². The molecule has 4 rings (SSSR count). The third-order valence-corrected chi connectivity index (χ3v) is 4.23. The number of alkyl halides is 3. The predicted octanol–water partition coefficient (Wildman–Crippen LogP) is 3.38. The van der Waals surface area contributed by atoms with E-state index in [2.05, 4.69) is 20.4 Å². The molecule has 7 nitrogen and oxygen atoms in total. The molecule has 2 aromatic heterocycles. The molecule has 4 aromatic rings. The minimum atomic E-state index is -4.48. The van der Waals surface area contributed by atoms with Gasteiger partial charge in [-0.05, 0) is 36.4 Å². The summed E-state index contributed by atoms with van der Waals surface area (Å²) in [6.45, 7) is 0. The summed E-state index contributed by atoms with van der Waals surface area (Å²) in [5, 5.41) is 7.10. The smallest absolute Gasteiger partial charge is 0.320 e. The number of fused-ring (bicyclic) bond motifs is 1. The van der Waals surface area contributed by atoms with Crippen LogP contribution >= 0.6 is 0 Å². The highest BCUT2D eigenvalue weighted by Crippen LogP contribution is 2.29. The second-order valence-corrected chi connectivity index (χ2v) is 6.07. The van der Waals surface area contributed by atoms with Gasteiger partial charge in [0.05, 0.1) is 29.5 Å². The summed E-state index contributed by atoms with van der Waals surface area (Å²) in [4.78, 5) is 31.0. The molecule has 29 heavy (non-hydrogen) atoms. The van der Waals surface area contributed by atoms with E-state index in [1.54, 1.807) is 24.3 Å². The van der Waals surface area contributed by atoms with Crippen LogP contribution in [0.5, 0.6) is 0 Å².